The summed E-state index contributed by atoms with van der Waals surface area (Å²) < 4.78 is 26.6. The summed E-state index contributed by atoms with van der Waals surface area (Å²) in [6.07, 6.45) is 0.175. The molecule has 12 heteroatoms. The molecule has 3 rings (SSSR count). The van der Waals surface area contributed by atoms with Crippen LogP contribution in [0.3, 0.4) is 0 Å². The van der Waals surface area contributed by atoms with Crippen molar-refractivity contribution < 1.29 is 48.0 Å². The summed E-state index contributed by atoms with van der Waals surface area (Å²) in [4.78, 5) is 50.0. The van der Waals surface area contributed by atoms with Gasteiger partial charge in [-0.1, -0.05) is 11.8 Å². The molecule has 0 aliphatic carbocycles. The summed E-state index contributed by atoms with van der Waals surface area (Å²) >= 11 is 0. The van der Waals surface area contributed by atoms with Gasteiger partial charge in [-0.2, -0.15) is 0 Å². The number of hydrogen-bond donors (Lipinski definition) is 2. The van der Waals surface area contributed by atoms with Gasteiger partial charge in [0.15, 0.2) is 0 Å². The van der Waals surface area contributed by atoms with Crippen LogP contribution in [-0.2, 0) is 33.3 Å². The van der Waals surface area contributed by atoms with Crippen molar-refractivity contribution in [3.63, 3.8) is 0 Å². The molecule has 1 fully saturated rings. The lowest BCUT2D eigenvalue weighted by molar-refractivity contribution is -0.136. The summed E-state index contributed by atoms with van der Waals surface area (Å²) in [5, 5.41) is 10.7. The maximum absolute atomic E-state index is 12.8. The van der Waals surface area contributed by atoms with Gasteiger partial charge in [0.1, 0.15) is 12.6 Å². The molecular weight excluding hydrogens is 500 g/mol. The van der Waals surface area contributed by atoms with Gasteiger partial charge in [-0.05, 0) is 24.6 Å². The molecule has 1 unspecified atom stereocenters. The molecular formula is C26H32N2O10. The van der Waals surface area contributed by atoms with Crippen LogP contribution in [0.2, 0.25) is 0 Å². The normalized spacial score (nSPS) is 16.9. The third kappa shape index (κ3) is 8.70. The number of nitrogens with one attached hydrogen (secondary N) is 1. The van der Waals surface area contributed by atoms with Gasteiger partial charge < -0.3 is 28.8 Å². The van der Waals surface area contributed by atoms with Crippen molar-refractivity contribution in [3.05, 3.63) is 34.9 Å². The van der Waals surface area contributed by atoms with Crippen molar-refractivity contribution in [1.82, 2.24) is 10.2 Å². The molecule has 0 bridgehead atoms. The van der Waals surface area contributed by atoms with Crippen LogP contribution in [0.1, 0.15) is 39.1 Å². The summed E-state index contributed by atoms with van der Waals surface area (Å²) in [6.45, 7) is 3.86. The van der Waals surface area contributed by atoms with E-state index in [9.17, 15) is 19.2 Å². The van der Waals surface area contributed by atoms with Gasteiger partial charge in [-0.3, -0.25) is 29.4 Å². The Morgan fingerprint density at radius 3 is 2.00 bits per heavy atom. The van der Waals surface area contributed by atoms with E-state index in [4.69, 9.17) is 28.8 Å². The van der Waals surface area contributed by atoms with Gasteiger partial charge in [0.05, 0.1) is 77.2 Å². The van der Waals surface area contributed by atoms with Crippen LogP contribution in [0.4, 0.5) is 0 Å². The van der Waals surface area contributed by atoms with E-state index in [1.807, 2.05) is 0 Å². The second kappa shape index (κ2) is 15.9. The highest BCUT2D eigenvalue weighted by Crippen LogP contribution is 2.28. The minimum Gasteiger partial charge on any atom is -0.394 e. The topological polar surface area (TPSA) is 150 Å². The third-order valence-electron chi connectivity index (χ3n) is 5.57. The number of imide groups is 2. The third-order valence-corrected chi connectivity index (χ3v) is 5.57. The highest BCUT2D eigenvalue weighted by molar-refractivity contribution is 6.23. The van der Waals surface area contributed by atoms with Gasteiger partial charge in [-0.15, -0.1) is 0 Å². The number of aliphatic hydroxyl groups is 1. The van der Waals surface area contributed by atoms with Crippen LogP contribution in [-0.4, -0.2) is 112 Å². The van der Waals surface area contributed by atoms with Crippen LogP contribution < -0.4 is 5.32 Å². The smallest absolute Gasteiger partial charge is 0.262 e. The summed E-state index contributed by atoms with van der Waals surface area (Å²) in [5.41, 5.74) is 0.925. The first-order chi connectivity index (χ1) is 18.5. The number of aliphatic hydroxyl groups excluding tert-OH is 1. The van der Waals surface area contributed by atoms with Crippen molar-refractivity contribution >= 4 is 23.6 Å². The van der Waals surface area contributed by atoms with Crippen molar-refractivity contribution in [2.45, 2.75) is 18.9 Å². The minimum absolute atomic E-state index is 0.00000190. The first-order valence-electron chi connectivity index (χ1n) is 12.4. The number of hydrogen-bond acceptors (Lipinski definition) is 10. The standard InChI is InChI=1S/C26H32N2O10/c29-7-9-35-11-13-37-15-17-38-16-14-36-12-10-34-8-1-2-19-3-4-20-21(18-19)26(33)28(25(20)32)22-5-6-23(30)27-24(22)31/h3-4,18,22,29H,5-17H2,(H,27,30,31). The van der Waals surface area contributed by atoms with Crippen molar-refractivity contribution in [1.29, 1.82) is 0 Å². The number of fused-ring (bicyclic) bond motifs is 1. The summed E-state index contributed by atoms with van der Waals surface area (Å²) in [5.74, 6) is 3.56. The highest BCUT2D eigenvalue weighted by Gasteiger charge is 2.44. The molecule has 38 heavy (non-hydrogen) atoms. The van der Waals surface area contributed by atoms with E-state index in [1.54, 1.807) is 6.07 Å². The molecule has 1 aromatic carbocycles. The molecule has 2 N–H and O–H groups in total. The number of carbonyl (C=O) groups is 4. The Balaban J connectivity index is 1.28. The molecule has 2 heterocycles. The Morgan fingerprint density at radius 2 is 1.39 bits per heavy atom. The molecule has 12 nitrogen and oxygen atoms in total. The van der Waals surface area contributed by atoms with Crippen molar-refractivity contribution in [2.75, 3.05) is 72.7 Å². The van der Waals surface area contributed by atoms with Gasteiger partial charge in [0.2, 0.25) is 11.8 Å². The average Bonchev–Trinajstić information content (AvgIpc) is 3.15. The number of benzene rings is 1. The minimum atomic E-state index is -1.00. The largest absolute Gasteiger partial charge is 0.394 e. The number of ether oxygens (including phenoxy) is 5. The quantitative estimate of drug-likeness (QED) is 0.162. The molecule has 2 aliphatic rings. The van der Waals surface area contributed by atoms with Crippen molar-refractivity contribution in [2.24, 2.45) is 0 Å². The highest BCUT2D eigenvalue weighted by atomic mass is 16.6. The Hall–Kier alpha value is -3.18. The Morgan fingerprint density at radius 1 is 0.816 bits per heavy atom. The first-order valence-corrected chi connectivity index (χ1v) is 12.4. The molecule has 1 aromatic rings. The van der Waals surface area contributed by atoms with Crippen LogP contribution in [0.15, 0.2) is 18.2 Å². The Labute approximate surface area is 220 Å². The van der Waals surface area contributed by atoms with E-state index in [0.29, 0.717) is 65.0 Å². The second-order valence-electron chi connectivity index (χ2n) is 8.24. The van der Waals surface area contributed by atoms with Gasteiger partial charge in [-0.25, -0.2) is 0 Å². The maximum atomic E-state index is 12.8. The number of piperidine rings is 1. The first kappa shape index (κ1) is 29.4. The Kier molecular flexibility index (Phi) is 12.3. The molecule has 1 saturated heterocycles. The van der Waals surface area contributed by atoms with Crippen LogP contribution >= 0.6 is 0 Å². The molecule has 2 aliphatic heterocycles. The van der Waals surface area contributed by atoms with Gasteiger partial charge in [0, 0.05) is 12.0 Å². The van der Waals surface area contributed by atoms with Crippen LogP contribution in [0, 0.1) is 11.8 Å². The van der Waals surface area contributed by atoms with E-state index in [-0.39, 0.29) is 37.2 Å². The molecule has 1 atom stereocenters. The number of rotatable bonds is 16. The second-order valence-corrected chi connectivity index (χ2v) is 8.24. The molecule has 0 saturated carbocycles. The van der Waals surface area contributed by atoms with E-state index in [0.717, 1.165) is 4.90 Å². The lowest BCUT2D eigenvalue weighted by Gasteiger charge is -2.27. The van der Waals surface area contributed by atoms with Crippen molar-refractivity contribution in [3.8, 4) is 11.8 Å². The zero-order valence-electron chi connectivity index (χ0n) is 21.1. The monoisotopic (exact) mass is 532 g/mol. The number of nitrogens with zero attached hydrogens (tertiary/aromatic N) is 1. The van der Waals surface area contributed by atoms with Crippen LogP contribution in [0.25, 0.3) is 0 Å². The lowest BCUT2D eigenvalue weighted by Crippen LogP contribution is -2.54. The summed E-state index contributed by atoms with van der Waals surface area (Å²) in [6, 6.07) is 3.67. The fourth-order valence-corrected chi connectivity index (χ4v) is 3.75. The molecule has 0 aromatic heterocycles. The average molecular weight is 533 g/mol. The number of carbonyl (C=O) groups excluding carboxylic acids is 4. The predicted octanol–water partition coefficient (Wildman–Crippen LogP) is -0.485. The van der Waals surface area contributed by atoms with E-state index in [1.165, 1.54) is 12.1 Å². The van der Waals surface area contributed by atoms with Gasteiger partial charge in [0.25, 0.3) is 11.8 Å². The predicted molar refractivity (Wildman–Crippen MR) is 131 cm³/mol. The molecule has 4 amide bonds. The van der Waals surface area contributed by atoms with E-state index < -0.39 is 29.7 Å². The Bertz CT molecular complexity index is 1050. The van der Waals surface area contributed by atoms with E-state index >= 15 is 0 Å². The zero-order chi connectivity index (χ0) is 27.2. The summed E-state index contributed by atoms with van der Waals surface area (Å²) in [7, 11) is 0. The van der Waals surface area contributed by atoms with E-state index in [2.05, 4.69) is 17.2 Å². The molecule has 0 radical (unpaired) electrons. The fourth-order valence-electron chi connectivity index (χ4n) is 3.75. The van der Waals surface area contributed by atoms with Crippen LogP contribution in [0.5, 0.6) is 0 Å². The zero-order valence-corrected chi connectivity index (χ0v) is 21.1. The number of amides is 4. The molecule has 0 spiro atoms. The van der Waals surface area contributed by atoms with Gasteiger partial charge >= 0.3 is 0 Å². The maximum Gasteiger partial charge on any atom is 0.262 e. The fraction of sp³-hybridized carbons (Fsp3) is 0.538. The lowest BCUT2D eigenvalue weighted by atomic mass is 10.0. The SMILES string of the molecule is O=C1CCC(N2C(=O)c3ccc(C#CCOCCOCCOCCOCCOCCO)cc3C2=O)C(=O)N1. The molecule has 206 valence electrons.